The van der Waals surface area contributed by atoms with Gasteiger partial charge in [0.05, 0.1) is 6.07 Å². The van der Waals surface area contributed by atoms with E-state index in [2.05, 4.69) is 18.8 Å². The van der Waals surface area contributed by atoms with E-state index in [0.717, 1.165) is 17.8 Å². The van der Waals surface area contributed by atoms with Gasteiger partial charge in [-0.3, -0.25) is 0 Å². The molecule has 0 aromatic carbocycles. The minimum absolute atomic E-state index is 0. The maximum absolute atomic E-state index is 8.75. The molecule has 0 amide bonds. The van der Waals surface area contributed by atoms with Crippen molar-refractivity contribution in [1.29, 1.82) is 5.26 Å². The Morgan fingerprint density at radius 1 is 1.69 bits per heavy atom. The topological polar surface area (TPSA) is 27.0 Å². The summed E-state index contributed by atoms with van der Waals surface area (Å²) < 4.78 is 0. The molecule has 2 nitrogen and oxygen atoms in total. The van der Waals surface area contributed by atoms with Crippen molar-refractivity contribution in [3.63, 3.8) is 0 Å². The van der Waals surface area contributed by atoms with Gasteiger partial charge in [0.25, 0.3) is 0 Å². The summed E-state index contributed by atoms with van der Waals surface area (Å²) in [5, 5.41) is 8.75. The van der Waals surface area contributed by atoms with E-state index in [1.807, 2.05) is 18.7 Å². The van der Waals surface area contributed by atoms with Crippen LogP contribution in [0.4, 0.5) is 0 Å². The normalized spacial score (nSPS) is 15.5. The van der Waals surface area contributed by atoms with Crippen LogP contribution in [-0.4, -0.2) is 11.4 Å². The van der Waals surface area contributed by atoms with Crippen molar-refractivity contribution in [3.05, 3.63) is 35.7 Å². The van der Waals surface area contributed by atoms with Crippen LogP contribution < -0.4 is 0 Å². The number of likely N-dealkylation sites (N-methyl/N-ethyl adjacent to an activating group) is 1. The Morgan fingerprint density at radius 3 is 2.77 bits per heavy atom. The summed E-state index contributed by atoms with van der Waals surface area (Å²) in [6.45, 7) is 8.54. The minimum Gasteiger partial charge on any atom is -0.455 e. The second-order valence-corrected chi connectivity index (χ2v) is 2.66. The number of nitriles is 1. The summed E-state index contributed by atoms with van der Waals surface area (Å²) in [7, 11) is 0. The summed E-state index contributed by atoms with van der Waals surface area (Å²) in [4.78, 5) is 1.86. The minimum atomic E-state index is 0. The molecule has 0 aliphatic carbocycles. The van der Waals surface area contributed by atoms with Gasteiger partial charge < -0.3 is 4.90 Å². The number of nitrogens with zero attached hydrogens (tertiary/aromatic N) is 2. The van der Waals surface area contributed by atoms with Gasteiger partial charge in [-0.2, -0.15) is 5.26 Å². The van der Waals surface area contributed by atoms with E-state index >= 15 is 0 Å². The zero-order valence-electron chi connectivity index (χ0n) is 7.96. The first-order valence-electron chi connectivity index (χ1n) is 3.88. The molecule has 0 saturated heterocycles. The van der Waals surface area contributed by atoms with E-state index in [9.17, 15) is 0 Å². The maximum Gasteiger partial charge on any atom is 0.0745 e. The average molecular weight is 248 g/mol. The van der Waals surface area contributed by atoms with Gasteiger partial charge in [-0.05, 0) is 19.0 Å². The molecular formula is C10H11N2Y-. The molecule has 0 unspecified atom stereocenters. The van der Waals surface area contributed by atoms with Crippen LogP contribution in [0.3, 0.4) is 0 Å². The Hall–Kier alpha value is -0.386. The van der Waals surface area contributed by atoms with Crippen molar-refractivity contribution >= 4 is 0 Å². The molecule has 0 saturated carbocycles. The van der Waals surface area contributed by atoms with Crippen molar-refractivity contribution in [2.45, 2.75) is 13.8 Å². The Bertz CT molecular complexity index is 307. The van der Waals surface area contributed by atoms with E-state index in [4.69, 9.17) is 5.26 Å². The van der Waals surface area contributed by atoms with Crippen LogP contribution in [0.2, 0.25) is 0 Å². The van der Waals surface area contributed by atoms with E-state index in [0.29, 0.717) is 5.57 Å². The van der Waals surface area contributed by atoms with Crippen molar-refractivity contribution in [1.82, 2.24) is 4.90 Å². The molecule has 0 aromatic heterocycles. The Morgan fingerprint density at radius 2 is 2.31 bits per heavy atom. The van der Waals surface area contributed by atoms with Gasteiger partial charge in [0.2, 0.25) is 0 Å². The van der Waals surface area contributed by atoms with Gasteiger partial charge in [0, 0.05) is 32.7 Å². The zero-order chi connectivity index (χ0) is 9.14. The number of allylic oxidation sites excluding steroid dienone is 3. The SMILES string of the molecule is C=C1C(C#N)=CC(C)=[C-]N1CC.[Y]. The average Bonchev–Trinajstić information content (AvgIpc) is 2.08. The zero-order valence-corrected chi connectivity index (χ0v) is 10.8. The third kappa shape index (κ3) is 2.79. The smallest absolute Gasteiger partial charge is 0.0745 e. The summed E-state index contributed by atoms with van der Waals surface area (Å²) in [6.07, 6.45) is 4.90. The van der Waals surface area contributed by atoms with E-state index in [1.165, 1.54) is 0 Å². The molecule has 1 aliphatic heterocycles. The summed E-state index contributed by atoms with van der Waals surface area (Å²) in [5.41, 5.74) is 2.35. The number of rotatable bonds is 1. The van der Waals surface area contributed by atoms with E-state index in [1.54, 1.807) is 6.08 Å². The predicted octanol–water partition coefficient (Wildman–Crippen LogP) is 1.99. The molecule has 1 heterocycles. The van der Waals surface area contributed by atoms with Crippen molar-refractivity contribution in [2.75, 3.05) is 6.54 Å². The van der Waals surface area contributed by atoms with Crippen LogP contribution in [0.1, 0.15) is 13.8 Å². The van der Waals surface area contributed by atoms with E-state index in [-0.39, 0.29) is 32.7 Å². The molecule has 0 aromatic rings. The molecular weight excluding hydrogens is 237 g/mol. The van der Waals surface area contributed by atoms with Crippen LogP contribution in [0, 0.1) is 17.5 Å². The van der Waals surface area contributed by atoms with Crippen LogP contribution >= 0.6 is 0 Å². The first-order chi connectivity index (χ1) is 5.69. The molecule has 0 bridgehead atoms. The molecule has 0 atom stereocenters. The second-order valence-electron chi connectivity index (χ2n) is 2.66. The van der Waals surface area contributed by atoms with Gasteiger partial charge in [0.1, 0.15) is 0 Å². The molecule has 1 rings (SSSR count). The summed E-state index contributed by atoms with van der Waals surface area (Å²) in [6, 6.07) is 2.11. The van der Waals surface area contributed by atoms with Crippen LogP contribution in [0.15, 0.2) is 29.5 Å². The van der Waals surface area contributed by atoms with E-state index < -0.39 is 0 Å². The van der Waals surface area contributed by atoms with Crippen molar-refractivity contribution < 1.29 is 32.7 Å². The van der Waals surface area contributed by atoms with Crippen LogP contribution in [0.5, 0.6) is 0 Å². The summed E-state index contributed by atoms with van der Waals surface area (Å²) >= 11 is 0. The molecule has 0 spiro atoms. The van der Waals surface area contributed by atoms with Gasteiger partial charge in [0.15, 0.2) is 0 Å². The Labute approximate surface area is 104 Å². The van der Waals surface area contributed by atoms with Gasteiger partial charge in [-0.15, -0.1) is 18.2 Å². The first kappa shape index (κ1) is 12.6. The number of hydrogen-bond donors (Lipinski definition) is 0. The molecule has 0 N–H and O–H groups in total. The molecule has 1 radical (unpaired) electrons. The molecule has 0 fully saturated rings. The standard InChI is InChI=1S/C10H11N2.Y/c1-4-12-7-8(2)5-10(6-11)9(12)3;/h5H,3-4H2,1-2H3;/q-1;. The van der Waals surface area contributed by atoms with Gasteiger partial charge >= 0.3 is 0 Å². The fourth-order valence-corrected chi connectivity index (χ4v) is 1.12. The monoisotopic (exact) mass is 248 g/mol. The second kappa shape index (κ2) is 5.37. The van der Waals surface area contributed by atoms with Crippen LogP contribution in [0.25, 0.3) is 0 Å². The first-order valence-corrected chi connectivity index (χ1v) is 3.88. The number of hydrogen-bond acceptors (Lipinski definition) is 2. The molecule has 65 valence electrons. The van der Waals surface area contributed by atoms with Gasteiger partial charge in [-0.1, -0.05) is 18.8 Å². The third-order valence-electron chi connectivity index (χ3n) is 1.75. The largest absolute Gasteiger partial charge is 0.455 e. The third-order valence-corrected chi connectivity index (χ3v) is 1.75. The van der Waals surface area contributed by atoms with Gasteiger partial charge in [-0.25, -0.2) is 0 Å². The van der Waals surface area contributed by atoms with Crippen molar-refractivity contribution in [3.8, 4) is 6.07 Å². The maximum atomic E-state index is 8.75. The van der Waals surface area contributed by atoms with Crippen molar-refractivity contribution in [2.24, 2.45) is 0 Å². The molecule has 13 heavy (non-hydrogen) atoms. The Balaban J connectivity index is 0.00000144. The predicted molar refractivity (Wildman–Crippen MR) is 47.6 cm³/mol. The van der Waals surface area contributed by atoms with Crippen LogP contribution in [-0.2, 0) is 32.7 Å². The Kier molecular flexibility index (Phi) is 5.21. The quantitative estimate of drug-likeness (QED) is 0.663. The fraction of sp³-hybridized carbons (Fsp3) is 0.300. The summed E-state index contributed by atoms with van der Waals surface area (Å²) in [5.74, 6) is 0. The molecule has 1 aliphatic rings. The molecule has 3 heteroatoms. The fourth-order valence-electron chi connectivity index (χ4n) is 1.12.